The van der Waals surface area contributed by atoms with Crippen LogP contribution in [0.2, 0.25) is 0 Å². The average Bonchev–Trinajstić information content (AvgIpc) is 3.07. The summed E-state index contributed by atoms with van der Waals surface area (Å²) in [5, 5.41) is 17.8. The minimum absolute atomic E-state index is 0.497. The zero-order valence-corrected chi connectivity index (χ0v) is 13.4. The summed E-state index contributed by atoms with van der Waals surface area (Å²) in [5.74, 6) is 1.65. The number of nitrogens with two attached hydrogens (primary N) is 1. The molecule has 0 saturated carbocycles. The average molecular weight is 318 g/mol. The van der Waals surface area contributed by atoms with Gasteiger partial charge in [-0.1, -0.05) is 18.3 Å². The predicted octanol–water partition coefficient (Wildman–Crippen LogP) is 1.40. The fourth-order valence-corrected chi connectivity index (χ4v) is 2.80. The number of nitrogens with one attached hydrogen (secondary N) is 1. The highest BCUT2D eigenvalue weighted by atomic mass is 32.1. The molecule has 0 aliphatic carbocycles. The summed E-state index contributed by atoms with van der Waals surface area (Å²) >= 11 is 1.41. The molecule has 0 atom stereocenters. The second kappa shape index (κ2) is 6.22. The third-order valence-corrected chi connectivity index (χ3v) is 4.04. The lowest BCUT2D eigenvalue weighted by Gasteiger charge is -2.08. The Bertz CT molecular complexity index is 778. The van der Waals surface area contributed by atoms with Gasteiger partial charge in [-0.3, -0.25) is 4.68 Å². The molecular weight excluding hydrogens is 300 g/mol. The van der Waals surface area contributed by atoms with Crippen LogP contribution >= 0.6 is 11.3 Å². The molecule has 0 fully saturated rings. The summed E-state index contributed by atoms with van der Waals surface area (Å²) < 4.78 is 1.77. The first-order chi connectivity index (χ1) is 10.7. The first-order valence-corrected chi connectivity index (χ1v) is 7.99. The molecule has 0 aliphatic rings. The third-order valence-electron chi connectivity index (χ3n) is 3.23. The molecule has 3 aromatic heterocycles. The summed E-state index contributed by atoms with van der Waals surface area (Å²) in [6.45, 7) is 2.82. The van der Waals surface area contributed by atoms with Crippen LogP contribution in [0.25, 0.3) is 11.0 Å². The number of nitrogens with zero attached hydrogens (tertiary/aromatic N) is 6. The molecule has 3 aromatic rings. The molecule has 9 heteroatoms. The third kappa shape index (κ3) is 2.98. The van der Waals surface area contributed by atoms with Crippen molar-refractivity contribution >= 4 is 33.3 Å². The highest BCUT2D eigenvalue weighted by Gasteiger charge is 2.11. The summed E-state index contributed by atoms with van der Waals surface area (Å²) in [6.07, 6.45) is 4.40. The molecule has 0 radical (unpaired) electrons. The monoisotopic (exact) mass is 318 g/mol. The Morgan fingerprint density at radius 1 is 1.27 bits per heavy atom. The van der Waals surface area contributed by atoms with Crippen molar-refractivity contribution in [1.29, 1.82) is 0 Å². The predicted molar refractivity (Wildman–Crippen MR) is 86.8 cm³/mol. The van der Waals surface area contributed by atoms with Gasteiger partial charge in [-0.2, -0.15) is 5.10 Å². The molecule has 3 heterocycles. The standard InChI is InChI=1S/C13H18N8S/c1-3-4-9-17-11(8-7-16-21(2)12(8)18-9)15-6-5-10-19-20-13(14)22-10/h7H,3-6H2,1-2H3,(H2,14,20)(H,15,17,18). The largest absolute Gasteiger partial charge is 0.374 e. The van der Waals surface area contributed by atoms with Crippen LogP contribution < -0.4 is 11.1 Å². The van der Waals surface area contributed by atoms with Gasteiger partial charge in [0.05, 0.1) is 11.6 Å². The van der Waals surface area contributed by atoms with E-state index in [1.807, 2.05) is 7.05 Å². The molecule has 8 nitrogen and oxygen atoms in total. The van der Waals surface area contributed by atoms with E-state index in [2.05, 4.69) is 37.5 Å². The molecule has 116 valence electrons. The fraction of sp³-hybridized carbons (Fsp3) is 0.462. The molecule has 0 saturated heterocycles. The highest BCUT2D eigenvalue weighted by Crippen LogP contribution is 2.20. The van der Waals surface area contributed by atoms with E-state index in [1.54, 1.807) is 10.9 Å². The molecule has 0 bridgehead atoms. The van der Waals surface area contributed by atoms with E-state index in [1.165, 1.54) is 11.3 Å². The Morgan fingerprint density at radius 3 is 2.86 bits per heavy atom. The van der Waals surface area contributed by atoms with Gasteiger partial charge in [0.15, 0.2) is 5.65 Å². The van der Waals surface area contributed by atoms with Crippen molar-refractivity contribution in [3.63, 3.8) is 0 Å². The second-order valence-electron chi connectivity index (χ2n) is 4.95. The lowest BCUT2D eigenvalue weighted by molar-refractivity contribution is 0.772. The molecule has 0 unspecified atom stereocenters. The fourth-order valence-electron chi connectivity index (χ4n) is 2.19. The number of aromatic nitrogens is 6. The van der Waals surface area contributed by atoms with Crippen LogP contribution in [-0.4, -0.2) is 36.5 Å². The number of hydrogen-bond acceptors (Lipinski definition) is 8. The molecule has 22 heavy (non-hydrogen) atoms. The Morgan fingerprint density at radius 2 is 2.14 bits per heavy atom. The summed E-state index contributed by atoms with van der Waals surface area (Å²) in [5.41, 5.74) is 6.43. The maximum Gasteiger partial charge on any atom is 0.203 e. The normalized spacial score (nSPS) is 11.2. The van der Waals surface area contributed by atoms with E-state index >= 15 is 0 Å². The van der Waals surface area contributed by atoms with Crippen LogP contribution in [0.3, 0.4) is 0 Å². The Kier molecular flexibility index (Phi) is 4.14. The minimum Gasteiger partial charge on any atom is -0.374 e. The molecule has 3 rings (SSSR count). The minimum atomic E-state index is 0.497. The van der Waals surface area contributed by atoms with Crippen molar-refractivity contribution in [2.24, 2.45) is 7.05 Å². The molecule has 0 aromatic carbocycles. The summed E-state index contributed by atoms with van der Waals surface area (Å²) in [6, 6.07) is 0. The van der Waals surface area contributed by atoms with E-state index in [4.69, 9.17) is 5.73 Å². The number of nitrogen functional groups attached to an aromatic ring is 1. The van der Waals surface area contributed by atoms with Crippen molar-refractivity contribution in [3.05, 3.63) is 17.0 Å². The van der Waals surface area contributed by atoms with Gasteiger partial charge in [0.25, 0.3) is 0 Å². The van der Waals surface area contributed by atoms with E-state index in [0.717, 1.165) is 46.9 Å². The summed E-state index contributed by atoms with van der Waals surface area (Å²) in [7, 11) is 1.89. The zero-order chi connectivity index (χ0) is 15.5. The zero-order valence-electron chi connectivity index (χ0n) is 12.6. The van der Waals surface area contributed by atoms with E-state index < -0.39 is 0 Å². The van der Waals surface area contributed by atoms with Gasteiger partial charge in [0, 0.05) is 26.4 Å². The lowest BCUT2D eigenvalue weighted by Crippen LogP contribution is -2.09. The van der Waals surface area contributed by atoms with Crippen LogP contribution in [0.15, 0.2) is 6.20 Å². The second-order valence-corrected chi connectivity index (χ2v) is 6.05. The Labute approximate surface area is 131 Å². The van der Waals surface area contributed by atoms with Crippen molar-refractivity contribution in [1.82, 2.24) is 29.9 Å². The molecule has 0 amide bonds. The van der Waals surface area contributed by atoms with Crippen LogP contribution in [0.4, 0.5) is 10.9 Å². The lowest BCUT2D eigenvalue weighted by atomic mass is 10.3. The first-order valence-electron chi connectivity index (χ1n) is 7.17. The van der Waals surface area contributed by atoms with Gasteiger partial charge < -0.3 is 11.1 Å². The van der Waals surface area contributed by atoms with E-state index in [0.29, 0.717) is 11.7 Å². The van der Waals surface area contributed by atoms with Crippen LogP contribution in [0, 0.1) is 0 Å². The van der Waals surface area contributed by atoms with Crippen molar-refractivity contribution < 1.29 is 0 Å². The number of aryl methyl sites for hydroxylation is 2. The number of fused-ring (bicyclic) bond motifs is 1. The van der Waals surface area contributed by atoms with Gasteiger partial charge in [0.2, 0.25) is 5.13 Å². The van der Waals surface area contributed by atoms with Gasteiger partial charge >= 0.3 is 0 Å². The topological polar surface area (TPSA) is 107 Å². The van der Waals surface area contributed by atoms with Gasteiger partial charge in [-0.15, -0.1) is 10.2 Å². The van der Waals surface area contributed by atoms with Crippen LogP contribution in [0.1, 0.15) is 24.2 Å². The molecule has 3 N–H and O–H groups in total. The van der Waals surface area contributed by atoms with Crippen molar-refractivity contribution in [2.45, 2.75) is 26.2 Å². The first kappa shape index (κ1) is 14.6. The maximum atomic E-state index is 5.58. The smallest absolute Gasteiger partial charge is 0.203 e. The quantitative estimate of drug-likeness (QED) is 0.707. The molecule has 0 aliphatic heterocycles. The Hall–Kier alpha value is -2.29. The molecule has 0 spiro atoms. The number of rotatable bonds is 6. The van der Waals surface area contributed by atoms with Crippen LogP contribution in [-0.2, 0) is 19.9 Å². The van der Waals surface area contributed by atoms with Gasteiger partial charge in [-0.05, 0) is 6.42 Å². The SMILES string of the molecule is CCCc1nc(NCCc2nnc(N)s2)c2cnn(C)c2n1. The number of anilines is 2. The van der Waals surface area contributed by atoms with Crippen LogP contribution in [0.5, 0.6) is 0 Å². The maximum absolute atomic E-state index is 5.58. The van der Waals surface area contributed by atoms with E-state index in [-0.39, 0.29) is 0 Å². The molecular formula is C13H18N8S. The van der Waals surface area contributed by atoms with Gasteiger partial charge in [0.1, 0.15) is 16.6 Å². The summed E-state index contributed by atoms with van der Waals surface area (Å²) in [4.78, 5) is 9.17. The number of hydrogen-bond donors (Lipinski definition) is 2. The Balaban J connectivity index is 1.79. The van der Waals surface area contributed by atoms with Crippen molar-refractivity contribution in [2.75, 3.05) is 17.6 Å². The van der Waals surface area contributed by atoms with Gasteiger partial charge in [-0.25, -0.2) is 9.97 Å². The van der Waals surface area contributed by atoms with E-state index in [9.17, 15) is 0 Å². The van der Waals surface area contributed by atoms with Crippen molar-refractivity contribution in [3.8, 4) is 0 Å². The highest BCUT2D eigenvalue weighted by molar-refractivity contribution is 7.15.